The summed E-state index contributed by atoms with van der Waals surface area (Å²) in [5.41, 5.74) is 9.97. The van der Waals surface area contributed by atoms with Crippen LogP contribution in [0, 0.1) is 5.92 Å². The summed E-state index contributed by atoms with van der Waals surface area (Å²) in [5.74, 6) is 1.58. The zero-order valence-electron chi connectivity index (χ0n) is 23.6. The van der Waals surface area contributed by atoms with Gasteiger partial charge in [0.2, 0.25) is 5.91 Å². The maximum Gasteiger partial charge on any atom is 0.254 e. The molecule has 2 aromatic heterocycles. The first kappa shape index (κ1) is 27.3. The molecule has 3 N–H and O–H groups in total. The van der Waals surface area contributed by atoms with E-state index in [1.54, 1.807) is 19.2 Å². The number of aromatic nitrogens is 3. The van der Waals surface area contributed by atoms with Gasteiger partial charge in [0.15, 0.2) is 5.82 Å². The molecule has 1 aliphatic carbocycles. The standard InChI is InChI=1S/C31H35FN6O3S/c1-41-26-12-20(30(40)36-15-21(32)13-31(33,42)17-36)10-23-28(26)38(16-22-8-9-27(39)34-22)29(35-23)25-11-19-4-2-3-5-24(19)37(25)14-18-6-7-18/h2-5,10-12,18,21-22,42H,6-9,13-17,33H2,1H3,(H,34,39)/t21-,22?,31?/m1/s1. The molecular formula is C31H35FN6O3S. The Morgan fingerprint density at radius 1 is 1.19 bits per heavy atom. The van der Waals surface area contributed by atoms with Crippen molar-refractivity contribution in [3.05, 3.63) is 48.0 Å². The van der Waals surface area contributed by atoms with Gasteiger partial charge in [0.25, 0.3) is 5.91 Å². The molecule has 7 rings (SSSR count). The number of nitrogens with one attached hydrogen (secondary N) is 1. The maximum atomic E-state index is 14.5. The highest BCUT2D eigenvalue weighted by molar-refractivity contribution is 7.81. The van der Waals surface area contributed by atoms with Crippen LogP contribution >= 0.6 is 12.6 Å². The molecule has 0 bridgehead atoms. The number of likely N-dealkylation sites (tertiary alicyclic amines) is 1. The number of ether oxygens (including phenoxy) is 1. The summed E-state index contributed by atoms with van der Waals surface area (Å²) >= 11 is 4.39. The maximum absolute atomic E-state index is 14.5. The Kier molecular flexibility index (Phi) is 6.69. The van der Waals surface area contributed by atoms with Crippen LogP contribution < -0.4 is 15.8 Å². The molecule has 1 saturated carbocycles. The topological polar surface area (TPSA) is 107 Å². The lowest BCUT2D eigenvalue weighted by Gasteiger charge is -2.38. The van der Waals surface area contributed by atoms with E-state index in [1.165, 1.54) is 17.7 Å². The molecule has 4 heterocycles. The number of rotatable bonds is 7. The van der Waals surface area contributed by atoms with Gasteiger partial charge in [0.05, 0.1) is 29.7 Å². The van der Waals surface area contributed by atoms with Gasteiger partial charge in [-0.25, -0.2) is 9.37 Å². The molecule has 3 fully saturated rings. The third kappa shape index (κ3) is 5.02. The number of alkyl halides is 1. The molecule has 2 aromatic carbocycles. The first-order valence-corrected chi connectivity index (χ1v) is 15.0. The fraction of sp³-hybridized carbons (Fsp3) is 0.452. The smallest absolute Gasteiger partial charge is 0.254 e. The lowest BCUT2D eigenvalue weighted by atomic mass is 10.0. The van der Waals surface area contributed by atoms with Crippen molar-refractivity contribution in [2.45, 2.75) is 62.3 Å². The van der Waals surface area contributed by atoms with Gasteiger partial charge in [-0.1, -0.05) is 18.2 Å². The number of nitrogens with two attached hydrogens (primary N) is 1. The minimum atomic E-state index is -1.25. The normalized spacial score (nSPS) is 24.5. The van der Waals surface area contributed by atoms with E-state index in [9.17, 15) is 14.0 Å². The molecular weight excluding hydrogens is 555 g/mol. The van der Waals surface area contributed by atoms with Gasteiger partial charge in [-0.2, -0.15) is 12.6 Å². The first-order chi connectivity index (χ1) is 20.2. The number of benzene rings is 2. The molecule has 11 heteroatoms. The summed E-state index contributed by atoms with van der Waals surface area (Å²) in [7, 11) is 1.57. The number of thiol groups is 1. The van der Waals surface area contributed by atoms with Crippen molar-refractivity contribution in [1.29, 1.82) is 0 Å². The number of methoxy groups -OCH3 is 1. The van der Waals surface area contributed by atoms with E-state index in [0.717, 1.165) is 40.9 Å². The lowest BCUT2D eigenvalue weighted by molar-refractivity contribution is -0.119. The number of piperidine rings is 1. The van der Waals surface area contributed by atoms with Crippen LogP contribution in [0.1, 0.15) is 42.5 Å². The lowest BCUT2D eigenvalue weighted by Crippen LogP contribution is -2.56. The summed E-state index contributed by atoms with van der Waals surface area (Å²) in [6.07, 6.45) is 2.47. The van der Waals surface area contributed by atoms with E-state index >= 15 is 0 Å². The average molecular weight is 591 g/mol. The number of nitrogens with zero attached hydrogens (tertiary/aromatic N) is 4. The second-order valence-corrected chi connectivity index (χ2v) is 13.0. The van der Waals surface area contributed by atoms with E-state index in [2.05, 4.69) is 51.3 Å². The highest BCUT2D eigenvalue weighted by Crippen LogP contribution is 2.39. The Hall–Kier alpha value is -3.57. The van der Waals surface area contributed by atoms with Crippen molar-refractivity contribution in [3.63, 3.8) is 0 Å². The molecule has 2 aliphatic heterocycles. The fourth-order valence-electron chi connectivity index (χ4n) is 6.55. The summed E-state index contributed by atoms with van der Waals surface area (Å²) in [6, 6.07) is 13.9. The number of para-hydroxylation sites is 1. The quantitative estimate of drug-likeness (QED) is 0.222. The first-order valence-electron chi connectivity index (χ1n) is 14.6. The molecule has 0 spiro atoms. The molecule has 2 amide bonds. The number of hydrogen-bond acceptors (Lipinski definition) is 6. The third-order valence-corrected chi connectivity index (χ3v) is 9.01. The Morgan fingerprint density at radius 3 is 2.71 bits per heavy atom. The van der Waals surface area contributed by atoms with E-state index in [-0.39, 0.29) is 37.4 Å². The largest absolute Gasteiger partial charge is 0.494 e. The molecule has 3 aliphatic rings. The van der Waals surface area contributed by atoms with Crippen LogP contribution in [0.25, 0.3) is 33.5 Å². The van der Waals surface area contributed by atoms with Gasteiger partial charge < -0.3 is 29.8 Å². The van der Waals surface area contributed by atoms with Gasteiger partial charge in [-0.05, 0) is 49.4 Å². The van der Waals surface area contributed by atoms with E-state index in [1.807, 2.05) is 6.07 Å². The minimum absolute atomic E-state index is 0.0406. The number of imidazole rings is 1. The summed E-state index contributed by atoms with van der Waals surface area (Å²) in [6.45, 7) is 1.51. The van der Waals surface area contributed by atoms with Crippen LogP contribution in [-0.2, 0) is 17.9 Å². The van der Waals surface area contributed by atoms with Crippen molar-refractivity contribution in [2.24, 2.45) is 11.7 Å². The summed E-state index contributed by atoms with van der Waals surface area (Å²) < 4.78 is 24.8. The van der Waals surface area contributed by atoms with Crippen molar-refractivity contribution in [2.75, 3.05) is 20.2 Å². The average Bonchev–Trinajstić information content (AvgIpc) is 3.41. The van der Waals surface area contributed by atoms with Crippen LogP contribution in [-0.4, -0.2) is 68.1 Å². The fourth-order valence-corrected chi connectivity index (χ4v) is 6.92. The Bertz CT molecular complexity index is 1710. The number of fused-ring (bicyclic) bond motifs is 2. The van der Waals surface area contributed by atoms with Gasteiger partial charge in [0, 0.05) is 55.0 Å². The van der Waals surface area contributed by atoms with Crippen molar-refractivity contribution in [3.8, 4) is 17.3 Å². The number of halogens is 1. The van der Waals surface area contributed by atoms with Crippen LogP contribution in [0.4, 0.5) is 4.39 Å². The molecule has 220 valence electrons. The van der Waals surface area contributed by atoms with Crippen molar-refractivity contribution < 1.29 is 18.7 Å². The minimum Gasteiger partial charge on any atom is -0.494 e. The molecule has 2 saturated heterocycles. The van der Waals surface area contributed by atoms with Gasteiger partial charge in [-0.15, -0.1) is 0 Å². The Morgan fingerprint density at radius 2 is 2.00 bits per heavy atom. The van der Waals surface area contributed by atoms with E-state index in [4.69, 9.17) is 15.5 Å². The van der Waals surface area contributed by atoms with E-state index in [0.29, 0.717) is 35.7 Å². The van der Waals surface area contributed by atoms with Crippen LogP contribution in [0.15, 0.2) is 42.5 Å². The Labute approximate surface area is 248 Å². The van der Waals surface area contributed by atoms with Gasteiger partial charge >= 0.3 is 0 Å². The van der Waals surface area contributed by atoms with Crippen molar-refractivity contribution in [1.82, 2.24) is 24.3 Å². The van der Waals surface area contributed by atoms with Gasteiger partial charge in [-0.3, -0.25) is 9.59 Å². The van der Waals surface area contributed by atoms with Crippen LogP contribution in [0.3, 0.4) is 0 Å². The second kappa shape index (κ2) is 10.3. The number of carbonyl (C=O) groups excluding carboxylic acids is 2. The van der Waals surface area contributed by atoms with Crippen molar-refractivity contribution >= 4 is 46.4 Å². The SMILES string of the molecule is COc1cc(C(=O)N2C[C@H](F)CC(N)(S)C2)cc2nc(-c3cc4ccccc4n3CC3CC3)n(CC3CCC(=O)N3)c12. The molecule has 2 unspecified atom stereocenters. The van der Waals surface area contributed by atoms with E-state index < -0.39 is 11.0 Å². The Balaban J connectivity index is 1.38. The molecule has 9 nitrogen and oxygen atoms in total. The highest BCUT2D eigenvalue weighted by atomic mass is 32.1. The zero-order chi connectivity index (χ0) is 29.2. The number of amides is 2. The predicted octanol–water partition coefficient (Wildman–Crippen LogP) is 4.12. The molecule has 42 heavy (non-hydrogen) atoms. The van der Waals surface area contributed by atoms with Crippen LogP contribution in [0.5, 0.6) is 5.75 Å². The highest BCUT2D eigenvalue weighted by Gasteiger charge is 2.37. The monoisotopic (exact) mass is 590 g/mol. The molecule has 3 atom stereocenters. The number of carbonyl (C=O) groups is 2. The van der Waals surface area contributed by atoms with Gasteiger partial charge in [0.1, 0.15) is 17.4 Å². The second-order valence-electron chi connectivity index (χ2n) is 12.1. The molecule has 0 radical (unpaired) electrons. The summed E-state index contributed by atoms with van der Waals surface area (Å²) in [5, 5.41) is 4.22. The predicted molar refractivity (Wildman–Crippen MR) is 162 cm³/mol. The number of hydrogen-bond donors (Lipinski definition) is 3. The summed E-state index contributed by atoms with van der Waals surface area (Å²) in [4.78, 5) is 31.2. The zero-order valence-corrected chi connectivity index (χ0v) is 24.4. The third-order valence-electron chi connectivity index (χ3n) is 8.68. The van der Waals surface area contributed by atoms with Crippen LogP contribution in [0.2, 0.25) is 0 Å². The molecule has 4 aromatic rings.